The third kappa shape index (κ3) is 9.02. The van der Waals surface area contributed by atoms with Gasteiger partial charge >= 0.3 is 0 Å². The molecule has 8 heteroatoms. The van der Waals surface area contributed by atoms with Gasteiger partial charge in [0.2, 0.25) is 21.8 Å². The van der Waals surface area contributed by atoms with Crippen LogP contribution in [0.3, 0.4) is 0 Å². The largest absolute Gasteiger partial charge is 0.352 e. The van der Waals surface area contributed by atoms with Gasteiger partial charge < -0.3 is 10.2 Å². The number of nitrogens with zero attached hydrogens (tertiary/aromatic N) is 2. The third-order valence-electron chi connectivity index (χ3n) is 5.73. The van der Waals surface area contributed by atoms with Gasteiger partial charge in [0.05, 0.1) is 11.9 Å². The maximum absolute atomic E-state index is 13.3. The molecule has 0 bridgehead atoms. The van der Waals surface area contributed by atoms with Crippen LogP contribution in [0.1, 0.15) is 50.3 Å². The van der Waals surface area contributed by atoms with Crippen LogP contribution >= 0.6 is 0 Å². The van der Waals surface area contributed by atoms with Crippen molar-refractivity contribution in [2.75, 3.05) is 23.7 Å². The minimum absolute atomic E-state index is 0.0304. The topological polar surface area (TPSA) is 86.8 Å². The lowest BCUT2D eigenvalue weighted by atomic mass is 10.1. The summed E-state index contributed by atoms with van der Waals surface area (Å²) in [5.41, 5.74) is 3.63. The second kappa shape index (κ2) is 12.7. The molecular weight excluding hydrogens is 462 g/mol. The fourth-order valence-corrected chi connectivity index (χ4v) is 5.02. The van der Waals surface area contributed by atoms with Crippen LogP contribution in [0, 0.1) is 13.8 Å². The van der Waals surface area contributed by atoms with E-state index in [0.29, 0.717) is 25.1 Å². The van der Waals surface area contributed by atoms with E-state index in [1.54, 1.807) is 11.8 Å². The average molecular weight is 502 g/mol. The van der Waals surface area contributed by atoms with Gasteiger partial charge in [-0.15, -0.1) is 0 Å². The number of hydrogen-bond acceptors (Lipinski definition) is 4. The van der Waals surface area contributed by atoms with Crippen LogP contribution in [-0.2, 0) is 26.0 Å². The van der Waals surface area contributed by atoms with E-state index in [0.717, 1.165) is 16.7 Å². The second-order valence-corrected chi connectivity index (χ2v) is 11.4. The van der Waals surface area contributed by atoms with Crippen LogP contribution < -0.4 is 9.62 Å². The van der Waals surface area contributed by atoms with Crippen molar-refractivity contribution in [3.8, 4) is 0 Å². The second-order valence-electron chi connectivity index (χ2n) is 9.45. The van der Waals surface area contributed by atoms with Crippen molar-refractivity contribution in [2.45, 2.75) is 66.0 Å². The zero-order chi connectivity index (χ0) is 26.2. The SMILES string of the molecule is Cc1cc(C)cc(N(CCCC(=O)N(CCc2ccccc2)[C@H](C)C(=O)NC(C)C)S(C)(=O)=O)c1. The third-order valence-corrected chi connectivity index (χ3v) is 6.92. The molecule has 7 nitrogen and oxygen atoms in total. The molecule has 0 aliphatic heterocycles. The Morgan fingerprint density at radius 1 is 0.943 bits per heavy atom. The highest BCUT2D eigenvalue weighted by Crippen LogP contribution is 2.22. The molecule has 2 aromatic rings. The predicted octanol–water partition coefficient (Wildman–Crippen LogP) is 3.83. The Hall–Kier alpha value is -2.87. The molecule has 0 fully saturated rings. The Bertz CT molecular complexity index is 1080. The molecule has 0 aromatic heterocycles. The van der Waals surface area contributed by atoms with Crippen LogP contribution in [-0.4, -0.2) is 56.6 Å². The van der Waals surface area contributed by atoms with Crippen molar-refractivity contribution < 1.29 is 18.0 Å². The Morgan fingerprint density at radius 2 is 1.54 bits per heavy atom. The lowest BCUT2D eigenvalue weighted by Crippen LogP contribution is -2.50. The number of anilines is 1. The highest BCUT2D eigenvalue weighted by molar-refractivity contribution is 7.92. The summed E-state index contributed by atoms with van der Waals surface area (Å²) in [5.74, 6) is -0.365. The van der Waals surface area contributed by atoms with Crippen molar-refractivity contribution >= 4 is 27.5 Å². The van der Waals surface area contributed by atoms with Gasteiger partial charge in [0.25, 0.3) is 0 Å². The predicted molar refractivity (Wildman–Crippen MR) is 142 cm³/mol. The molecule has 2 rings (SSSR count). The first-order valence-corrected chi connectivity index (χ1v) is 13.9. The number of carbonyl (C=O) groups excluding carboxylic acids is 2. The standard InChI is InChI=1S/C27H39N3O4S/c1-20(2)28-27(32)23(5)29(16-14-24-11-8-7-9-12-24)26(31)13-10-15-30(35(6,33)34)25-18-21(3)17-22(4)19-25/h7-9,11-12,17-20,23H,10,13-16H2,1-6H3,(H,28,32)/t23-/m1/s1. The number of carbonyl (C=O) groups is 2. The summed E-state index contributed by atoms with van der Waals surface area (Å²) in [6, 6.07) is 14.8. The Kier molecular flexibility index (Phi) is 10.3. The van der Waals surface area contributed by atoms with Gasteiger partial charge in [0.1, 0.15) is 6.04 Å². The quantitative estimate of drug-likeness (QED) is 0.479. The maximum atomic E-state index is 13.3. The zero-order valence-electron chi connectivity index (χ0n) is 21.7. The smallest absolute Gasteiger partial charge is 0.242 e. The molecular formula is C27H39N3O4S. The van der Waals surface area contributed by atoms with E-state index in [4.69, 9.17) is 0 Å². The van der Waals surface area contributed by atoms with Crippen LogP contribution in [0.2, 0.25) is 0 Å². The van der Waals surface area contributed by atoms with Crippen molar-refractivity contribution in [3.05, 3.63) is 65.2 Å². The summed E-state index contributed by atoms with van der Waals surface area (Å²) in [6.07, 6.45) is 2.30. The molecule has 0 aliphatic carbocycles. The lowest BCUT2D eigenvalue weighted by molar-refractivity contribution is -0.140. The van der Waals surface area contributed by atoms with E-state index in [2.05, 4.69) is 5.32 Å². The minimum Gasteiger partial charge on any atom is -0.352 e. The summed E-state index contributed by atoms with van der Waals surface area (Å²) in [6.45, 7) is 9.94. The van der Waals surface area contributed by atoms with Gasteiger partial charge in [0, 0.05) is 25.6 Å². The van der Waals surface area contributed by atoms with Gasteiger partial charge in [0.15, 0.2) is 0 Å². The molecule has 2 aromatic carbocycles. The molecule has 0 spiro atoms. The highest BCUT2D eigenvalue weighted by atomic mass is 32.2. The van der Waals surface area contributed by atoms with Crippen molar-refractivity contribution in [1.82, 2.24) is 10.2 Å². The zero-order valence-corrected chi connectivity index (χ0v) is 22.6. The summed E-state index contributed by atoms with van der Waals surface area (Å²) in [4.78, 5) is 27.5. The normalized spacial score (nSPS) is 12.3. The number of aryl methyl sites for hydroxylation is 2. The number of benzene rings is 2. The van der Waals surface area contributed by atoms with Crippen molar-refractivity contribution in [1.29, 1.82) is 0 Å². The Morgan fingerprint density at radius 3 is 2.09 bits per heavy atom. The number of amides is 2. The van der Waals surface area contributed by atoms with E-state index in [9.17, 15) is 18.0 Å². The van der Waals surface area contributed by atoms with E-state index in [-0.39, 0.29) is 30.8 Å². The minimum atomic E-state index is -3.51. The summed E-state index contributed by atoms with van der Waals surface area (Å²) in [7, 11) is -3.51. The van der Waals surface area contributed by atoms with Crippen molar-refractivity contribution in [2.24, 2.45) is 0 Å². The summed E-state index contributed by atoms with van der Waals surface area (Å²) >= 11 is 0. The van der Waals surface area contributed by atoms with Gasteiger partial charge in [-0.05, 0) is 76.3 Å². The fourth-order valence-electron chi connectivity index (χ4n) is 4.07. The molecule has 2 amide bonds. The van der Waals surface area contributed by atoms with Gasteiger partial charge in [-0.2, -0.15) is 0 Å². The molecule has 0 saturated heterocycles. The number of rotatable bonds is 12. The van der Waals surface area contributed by atoms with E-state index >= 15 is 0 Å². The molecule has 1 atom stereocenters. The average Bonchev–Trinajstić information content (AvgIpc) is 2.75. The molecule has 1 N–H and O–H groups in total. The van der Waals surface area contributed by atoms with Gasteiger partial charge in [-0.25, -0.2) is 8.42 Å². The number of sulfonamides is 1. The summed E-state index contributed by atoms with van der Waals surface area (Å²) in [5, 5.41) is 2.88. The molecule has 192 valence electrons. The first-order chi connectivity index (χ1) is 16.4. The molecule has 0 saturated carbocycles. The maximum Gasteiger partial charge on any atom is 0.242 e. The fraction of sp³-hybridized carbons (Fsp3) is 0.481. The molecule has 35 heavy (non-hydrogen) atoms. The molecule has 0 radical (unpaired) electrons. The van der Waals surface area contributed by atoms with E-state index in [1.807, 2.05) is 76.2 Å². The van der Waals surface area contributed by atoms with Gasteiger partial charge in [-0.1, -0.05) is 36.4 Å². The Labute approximate surface area is 210 Å². The van der Waals surface area contributed by atoms with Crippen LogP contribution in [0.25, 0.3) is 0 Å². The number of hydrogen-bond donors (Lipinski definition) is 1. The first kappa shape index (κ1) is 28.4. The number of nitrogens with one attached hydrogen (secondary N) is 1. The highest BCUT2D eigenvalue weighted by Gasteiger charge is 2.26. The van der Waals surface area contributed by atoms with Crippen LogP contribution in [0.15, 0.2) is 48.5 Å². The van der Waals surface area contributed by atoms with E-state index in [1.165, 1.54) is 10.6 Å². The van der Waals surface area contributed by atoms with Crippen LogP contribution in [0.4, 0.5) is 5.69 Å². The van der Waals surface area contributed by atoms with Gasteiger partial charge in [-0.3, -0.25) is 13.9 Å². The molecule has 0 unspecified atom stereocenters. The van der Waals surface area contributed by atoms with E-state index < -0.39 is 16.1 Å². The monoisotopic (exact) mass is 501 g/mol. The lowest BCUT2D eigenvalue weighted by Gasteiger charge is -2.30. The first-order valence-electron chi connectivity index (χ1n) is 12.1. The Balaban J connectivity index is 2.13. The molecule has 0 heterocycles. The van der Waals surface area contributed by atoms with Crippen molar-refractivity contribution in [3.63, 3.8) is 0 Å². The summed E-state index contributed by atoms with van der Waals surface area (Å²) < 4.78 is 26.4. The molecule has 0 aliphatic rings. The van der Waals surface area contributed by atoms with Crippen LogP contribution in [0.5, 0.6) is 0 Å².